The standard InChI is InChI=1S/C19H24N4O2/c1-3-17(24)23-7-5-13(6-8-23)9-14-10-15-16(19(25)20-4-2)12-22-18(15)21-11-14/h3,10-13H,1,4-9H2,2H3,(H,20,25)(H,21,22). The van der Waals surface area contributed by atoms with Gasteiger partial charge in [-0.25, -0.2) is 4.98 Å². The van der Waals surface area contributed by atoms with Crippen LogP contribution in [0.1, 0.15) is 35.7 Å². The maximum atomic E-state index is 12.1. The molecule has 0 aromatic carbocycles. The zero-order valence-electron chi connectivity index (χ0n) is 14.5. The van der Waals surface area contributed by atoms with E-state index in [1.807, 2.05) is 18.0 Å². The van der Waals surface area contributed by atoms with E-state index in [-0.39, 0.29) is 11.8 Å². The van der Waals surface area contributed by atoms with Crippen LogP contribution >= 0.6 is 0 Å². The third-order valence-corrected chi connectivity index (χ3v) is 4.79. The molecule has 2 N–H and O–H groups in total. The number of nitrogens with one attached hydrogen (secondary N) is 2. The summed E-state index contributed by atoms with van der Waals surface area (Å²) in [5.74, 6) is 0.462. The van der Waals surface area contributed by atoms with E-state index >= 15 is 0 Å². The van der Waals surface area contributed by atoms with Crippen LogP contribution in [0.2, 0.25) is 0 Å². The van der Waals surface area contributed by atoms with Gasteiger partial charge in [-0.2, -0.15) is 0 Å². The summed E-state index contributed by atoms with van der Waals surface area (Å²) in [4.78, 5) is 33.2. The third kappa shape index (κ3) is 3.73. The van der Waals surface area contributed by atoms with Crippen molar-refractivity contribution in [3.8, 4) is 0 Å². The molecule has 132 valence electrons. The monoisotopic (exact) mass is 340 g/mol. The molecular weight excluding hydrogens is 316 g/mol. The van der Waals surface area contributed by atoms with Gasteiger partial charge in [-0.1, -0.05) is 6.58 Å². The van der Waals surface area contributed by atoms with Crippen LogP contribution in [-0.4, -0.2) is 46.3 Å². The number of carbonyl (C=O) groups excluding carboxylic acids is 2. The minimum atomic E-state index is -0.0797. The molecule has 3 rings (SSSR count). The molecule has 0 unspecified atom stereocenters. The number of carbonyl (C=O) groups is 2. The minimum Gasteiger partial charge on any atom is -0.352 e. The number of hydrogen-bond acceptors (Lipinski definition) is 3. The summed E-state index contributed by atoms with van der Waals surface area (Å²) in [5, 5.41) is 3.69. The number of aromatic amines is 1. The van der Waals surface area contributed by atoms with Crippen LogP contribution in [0.3, 0.4) is 0 Å². The second kappa shape index (κ2) is 7.51. The maximum absolute atomic E-state index is 12.1. The Morgan fingerprint density at radius 1 is 1.44 bits per heavy atom. The molecule has 1 saturated heterocycles. The lowest BCUT2D eigenvalue weighted by Crippen LogP contribution is -2.37. The normalized spacial score (nSPS) is 15.3. The number of H-pyrrole nitrogens is 1. The molecular formula is C19H24N4O2. The average Bonchev–Trinajstić information content (AvgIpc) is 3.05. The van der Waals surface area contributed by atoms with E-state index in [0.717, 1.165) is 48.9 Å². The Balaban J connectivity index is 1.70. The van der Waals surface area contributed by atoms with Gasteiger partial charge in [0.25, 0.3) is 5.91 Å². The first-order valence-electron chi connectivity index (χ1n) is 8.78. The summed E-state index contributed by atoms with van der Waals surface area (Å²) in [6.45, 7) is 7.60. The van der Waals surface area contributed by atoms with Gasteiger partial charge in [0.15, 0.2) is 0 Å². The molecule has 25 heavy (non-hydrogen) atoms. The van der Waals surface area contributed by atoms with Crippen LogP contribution in [0.25, 0.3) is 11.0 Å². The van der Waals surface area contributed by atoms with Gasteiger partial charge in [0, 0.05) is 37.4 Å². The fraction of sp³-hybridized carbons (Fsp3) is 0.421. The predicted octanol–water partition coefficient (Wildman–Crippen LogP) is 2.28. The predicted molar refractivity (Wildman–Crippen MR) is 97.3 cm³/mol. The van der Waals surface area contributed by atoms with Crippen molar-refractivity contribution in [2.45, 2.75) is 26.2 Å². The highest BCUT2D eigenvalue weighted by atomic mass is 16.2. The molecule has 0 radical (unpaired) electrons. The SMILES string of the molecule is C=CC(=O)N1CCC(Cc2cnc3[nH]cc(C(=O)NCC)c3c2)CC1. The molecule has 2 amide bonds. The van der Waals surface area contributed by atoms with Crippen molar-refractivity contribution in [2.75, 3.05) is 19.6 Å². The number of nitrogens with zero attached hydrogens (tertiary/aromatic N) is 2. The molecule has 0 bridgehead atoms. The number of pyridine rings is 1. The molecule has 0 aliphatic carbocycles. The zero-order chi connectivity index (χ0) is 17.8. The molecule has 6 heteroatoms. The summed E-state index contributed by atoms with van der Waals surface area (Å²) in [5.41, 5.74) is 2.50. The van der Waals surface area contributed by atoms with Gasteiger partial charge in [0.1, 0.15) is 5.65 Å². The number of likely N-dealkylation sites (tertiary alicyclic amines) is 1. The molecule has 0 saturated carbocycles. The van der Waals surface area contributed by atoms with Crippen molar-refractivity contribution >= 4 is 22.8 Å². The number of fused-ring (bicyclic) bond motifs is 1. The van der Waals surface area contributed by atoms with Gasteiger partial charge < -0.3 is 15.2 Å². The van der Waals surface area contributed by atoms with Gasteiger partial charge in [0.2, 0.25) is 5.91 Å². The number of piperidine rings is 1. The van der Waals surface area contributed by atoms with Crippen LogP contribution in [0.5, 0.6) is 0 Å². The van der Waals surface area contributed by atoms with E-state index in [2.05, 4.69) is 27.9 Å². The minimum absolute atomic E-state index is 0.0143. The Morgan fingerprint density at radius 2 is 2.20 bits per heavy atom. The Bertz CT molecular complexity index is 788. The first-order valence-corrected chi connectivity index (χ1v) is 8.78. The van der Waals surface area contributed by atoms with Crippen LogP contribution < -0.4 is 5.32 Å². The summed E-state index contributed by atoms with van der Waals surface area (Å²) in [7, 11) is 0. The lowest BCUT2D eigenvalue weighted by molar-refractivity contribution is -0.127. The second-order valence-electron chi connectivity index (χ2n) is 6.48. The number of aromatic nitrogens is 2. The van der Waals surface area contributed by atoms with Crippen molar-refractivity contribution < 1.29 is 9.59 Å². The van der Waals surface area contributed by atoms with Crippen molar-refractivity contribution in [3.05, 3.63) is 42.2 Å². The van der Waals surface area contributed by atoms with E-state index in [0.29, 0.717) is 18.0 Å². The smallest absolute Gasteiger partial charge is 0.253 e. The van der Waals surface area contributed by atoms with Gasteiger partial charge >= 0.3 is 0 Å². The lowest BCUT2D eigenvalue weighted by Gasteiger charge is -2.31. The first-order chi connectivity index (χ1) is 12.1. The van der Waals surface area contributed by atoms with Crippen LogP contribution in [0.15, 0.2) is 31.1 Å². The Morgan fingerprint density at radius 3 is 2.88 bits per heavy atom. The summed E-state index contributed by atoms with van der Waals surface area (Å²) in [6.07, 6.45) is 7.85. The number of amides is 2. The fourth-order valence-corrected chi connectivity index (χ4v) is 3.42. The van der Waals surface area contributed by atoms with Gasteiger partial charge in [-0.05, 0) is 49.8 Å². The van der Waals surface area contributed by atoms with Crippen molar-refractivity contribution in [3.63, 3.8) is 0 Å². The first kappa shape index (κ1) is 17.2. The van der Waals surface area contributed by atoms with Crippen LogP contribution in [0, 0.1) is 5.92 Å². The van der Waals surface area contributed by atoms with Crippen LogP contribution in [0.4, 0.5) is 0 Å². The van der Waals surface area contributed by atoms with Gasteiger partial charge in [-0.15, -0.1) is 0 Å². The zero-order valence-corrected chi connectivity index (χ0v) is 14.5. The second-order valence-corrected chi connectivity index (χ2v) is 6.48. The van der Waals surface area contributed by atoms with Crippen LogP contribution in [-0.2, 0) is 11.2 Å². The number of rotatable bonds is 5. The fourth-order valence-electron chi connectivity index (χ4n) is 3.42. The molecule has 0 atom stereocenters. The third-order valence-electron chi connectivity index (χ3n) is 4.79. The average molecular weight is 340 g/mol. The van der Waals surface area contributed by atoms with Gasteiger partial charge in [0.05, 0.1) is 5.56 Å². The summed E-state index contributed by atoms with van der Waals surface area (Å²) in [6, 6.07) is 2.06. The Kier molecular flexibility index (Phi) is 5.16. The highest BCUT2D eigenvalue weighted by Crippen LogP contribution is 2.24. The Hall–Kier alpha value is -2.63. The molecule has 0 spiro atoms. The summed E-state index contributed by atoms with van der Waals surface area (Å²) < 4.78 is 0. The Labute approximate surface area is 147 Å². The molecule has 6 nitrogen and oxygen atoms in total. The van der Waals surface area contributed by atoms with E-state index in [1.54, 1.807) is 6.20 Å². The summed E-state index contributed by atoms with van der Waals surface area (Å²) >= 11 is 0. The van der Waals surface area contributed by atoms with Gasteiger partial charge in [-0.3, -0.25) is 9.59 Å². The van der Waals surface area contributed by atoms with Crippen molar-refractivity contribution in [1.82, 2.24) is 20.2 Å². The molecule has 2 aromatic heterocycles. The quantitative estimate of drug-likeness (QED) is 0.820. The molecule has 1 aliphatic rings. The lowest BCUT2D eigenvalue weighted by atomic mass is 9.90. The topological polar surface area (TPSA) is 78.1 Å². The highest BCUT2D eigenvalue weighted by molar-refractivity contribution is 6.06. The molecule has 3 heterocycles. The number of hydrogen-bond donors (Lipinski definition) is 2. The van der Waals surface area contributed by atoms with E-state index in [1.165, 1.54) is 6.08 Å². The molecule has 2 aromatic rings. The van der Waals surface area contributed by atoms with E-state index in [4.69, 9.17) is 0 Å². The van der Waals surface area contributed by atoms with Crippen molar-refractivity contribution in [2.24, 2.45) is 5.92 Å². The molecule has 1 aliphatic heterocycles. The maximum Gasteiger partial charge on any atom is 0.253 e. The largest absolute Gasteiger partial charge is 0.352 e. The van der Waals surface area contributed by atoms with Crippen molar-refractivity contribution in [1.29, 1.82) is 0 Å². The van der Waals surface area contributed by atoms with E-state index in [9.17, 15) is 9.59 Å². The highest BCUT2D eigenvalue weighted by Gasteiger charge is 2.22. The molecule has 1 fully saturated rings. The van der Waals surface area contributed by atoms with E-state index < -0.39 is 0 Å².